The Labute approximate surface area is 204 Å². The quantitative estimate of drug-likeness (QED) is 0.103. The standard InChI is InChI=1S/C20H22Cl2N8O4/c21-13-1-11(2-14(22)5-13)17(7-19(32)33)30-18(31)8-25-20(34)12-3-15(26-9-28-23)6-16(4-12)27-10-29-24/h1-6,9-10,17H,7-8,23-24H2,(H,25,34)(H,26,28)(H,27,29)(H,30,31)(H,32,33). The topological polar surface area (TPSA) is 196 Å². The molecule has 0 radical (unpaired) electrons. The van der Waals surface area contributed by atoms with Crippen molar-refractivity contribution in [2.24, 2.45) is 21.9 Å². The summed E-state index contributed by atoms with van der Waals surface area (Å²) in [6, 6.07) is 8.22. The Morgan fingerprint density at radius 3 is 2.00 bits per heavy atom. The van der Waals surface area contributed by atoms with Crippen molar-refractivity contribution in [1.29, 1.82) is 0 Å². The summed E-state index contributed by atoms with van der Waals surface area (Å²) >= 11 is 12.0. The number of nitrogens with zero attached hydrogens (tertiary/aromatic N) is 2. The molecule has 14 heteroatoms. The summed E-state index contributed by atoms with van der Waals surface area (Å²) in [5, 5.41) is 27.0. The number of nitrogens with two attached hydrogens (primary N) is 2. The molecule has 0 bridgehead atoms. The van der Waals surface area contributed by atoms with Crippen molar-refractivity contribution < 1.29 is 19.5 Å². The van der Waals surface area contributed by atoms with Crippen molar-refractivity contribution in [2.75, 3.05) is 17.2 Å². The zero-order valence-corrected chi connectivity index (χ0v) is 19.1. The van der Waals surface area contributed by atoms with Crippen LogP contribution in [0.15, 0.2) is 46.6 Å². The lowest BCUT2D eigenvalue weighted by atomic mass is 10.0. The first-order valence-corrected chi connectivity index (χ1v) is 10.3. The molecule has 2 rings (SSSR count). The molecule has 12 nitrogen and oxygen atoms in total. The fourth-order valence-electron chi connectivity index (χ4n) is 2.86. The number of rotatable bonds is 11. The van der Waals surface area contributed by atoms with Gasteiger partial charge in [0.25, 0.3) is 5.91 Å². The molecular formula is C20H22Cl2N8O4. The number of hydrogen-bond donors (Lipinski definition) is 7. The van der Waals surface area contributed by atoms with Crippen LogP contribution in [0.4, 0.5) is 11.4 Å². The summed E-state index contributed by atoms with van der Waals surface area (Å²) in [5.74, 6) is 7.83. The molecule has 0 fully saturated rings. The lowest BCUT2D eigenvalue weighted by Crippen LogP contribution is -2.39. The Morgan fingerprint density at radius 2 is 1.50 bits per heavy atom. The van der Waals surface area contributed by atoms with Gasteiger partial charge >= 0.3 is 5.97 Å². The van der Waals surface area contributed by atoms with Crippen LogP contribution in [0, 0.1) is 0 Å². The second kappa shape index (κ2) is 12.9. The van der Waals surface area contributed by atoms with Gasteiger partial charge in [-0.05, 0) is 42.0 Å². The van der Waals surface area contributed by atoms with Gasteiger partial charge in [-0.25, -0.2) is 0 Å². The molecule has 0 spiro atoms. The predicted octanol–water partition coefficient (Wildman–Crippen LogP) is 1.68. The molecule has 0 aromatic heterocycles. The number of carbonyl (C=O) groups is 3. The van der Waals surface area contributed by atoms with Crippen LogP contribution in [0.1, 0.15) is 28.4 Å². The maximum Gasteiger partial charge on any atom is 0.305 e. The second-order valence-corrected chi connectivity index (χ2v) is 7.62. The van der Waals surface area contributed by atoms with Crippen LogP contribution in [0.3, 0.4) is 0 Å². The fraction of sp³-hybridized carbons (Fsp3) is 0.150. The maximum absolute atomic E-state index is 12.6. The summed E-state index contributed by atoms with van der Waals surface area (Å²) in [4.78, 5) is 36.4. The van der Waals surface area contributed by atoms with Crippen LogP contribution in [0.2, 0.25) is 10.0 Å². The van der Waals surface area contributed by atoms with Crippen LogP contribution >= 0.6 is 23.2 Å². The summed E-state index contributed by atoms with van der Waals surface area (Å²) in [6.45, 7) is -0.418. The Kier molecular flexibility index (Phi) is 9.92. The van der Waals surface area contributed by atoms with Crippen LogP contribution in [0.5, 0.6) is 0 Å². The van der Waals surface area contributed by atoms with E-state index in [1.54, 1.807) is 6.07 Å². The minimum Gasteiger partial charge on any atom is -0.481 e. The number of aliphatic carboxylic acids is 1. The molecule has 2 aromatic rings. The van der Waals surface area contributed by atoms with Crippen LogP contribution in [-0.4, -0.2) is 42.1 Å². The average Bonchev–Trinajstić information content (AvgIpc) is 2.78. The number of amides is 2. The van der Waals surface area contributed by atoms with E-state index in [2.05, 4.69) is 31.5 Å². The fourth-order valence-corrected chi connectivity index (χ4v) is 3.40. The molecule has 180 valence electrons. The molecule has 0 saturated carbocycles. The first kappa shape index (κ1) is 26.2. The first-order chi connectivity index (χ1) is 16.2. The Morgan fingerprint density at radius 1 is 0.941 bits per heavy atom. The highest BCUT2D eigenvalue weighted by Crippen LogP contribution is 2.25. The Bertz CT molecular complexity index is 1060. The summed E-state index contributed by atoms with van der Waals surface area (Å²) in [5.41, 5.74) is 1.55. The van der Waals surface area contributed by atoms with E-state index in [1.807, 2.05) is 0 Å². The van der Waals surface area contributed by atoms with Gasteiger partial charge in [0.05, 0.1) is 19.0 Å². The predicted molar refractivity (Wildman–Crippen MR) is 131 cm³/mol. The van der Waals surface area contributed by atoms with Crippen LogP contribution in [-0.2, 0) is 9.59 Å². The van der Waals surface area contributed by atoms with E-state index in [9.17, 15) is 19.5 Å². The van der Waals surface area contributed by atoms with Gasteiger partial charge in [0, 0.05) is 27.0 Å². The minimum absolute atomic E-state index is 0.194. The van der Waals surface area contributed by atoms with E-state index in [-0.39, 0.29) is 15.6 Å². The number of hydrogen-bond acceptors (Lipinski definition) is 7. The van der Waals surface area contributed by atoms with Crippen molar-refractivity contribution in [1.82, 2.24) is 10.6 Å². The molecule has 9 N–H and O–H groups in total. The van der Waals surface area contributed by atoms with Gasteiger partial charge in [-0.15, -0.1) is 0 Å². The molecule has 2 amide bonds. The van der Waals surface area contributed by atoms with Crippen molar-refractivity contribution in [2.45, 2.75) is 12.5 Å². The monoisotopic (exact) mass is 508 g/mol. The highest BCUT2D eigenvalue weighted by molar-refractivity contribution is 6.34. The SMILES string of the molecule is NN=CNc1cc(NC=NN)cc(C(=O)NCC(=O)NC(CC(=O)O)c2cc(Cl)cc(Cl)c2)c1. The highest BCUT2D eigenvalue weighted by Gasteiger charge is 2.20. The van der Waals surface area contributed by atoms with E-state index < -0.39 is 36.8 Å². The van der Waals surface area contributed by atoms with Gasteiger partial charge in [-0.3, -0.25) is 14.4 Å². The van der Waals surface area contributed by atoms with Gasteiger partial charge in [0.15, 0.2) is 0 Å². The van der Waals surface area contributed by atoms with Crippen molar-refractivity contribution >= 4 is 65.0 Å². The number of carbonyl (C=O) groups excluding carboxylic acids is 2. The second-order valence-electron chi connectivity index (χ2n) is 6.75. The third-order valence-electron chi connectivity index (χ3n) is 4.22. The smallest absolute Gasteiger partial charge is 0.305 e. The van der Waals surface area contributed by atoms with E-state index in [0.29, 0.717) is 16.9 Å². The van der Waals surface area contributed by atoms with E-state index >= 15 is 0 Å². The highest BCUT2D eigenvalue weighted by atomic mass is 35.5. The largest absolute Gasteiger partial charge is 0.481 e. The number of benzene rings is 2. The Balaban J connectivity index is 2.11. The van der Waals surface area contributed by atoms with Crippen molar-refractivity contribution in [3.63, 3.8) is 0 Å². The molecule has 0 aliphatic rings. The number of anilines is 2. The summed E-state index contributed by atoms with van der Waals surface area (Å²) in [6.07, 6.45) is 2.02. The summed E-state index contributed by atoms with van der Waals surface area (Å²) < 4.78 is 0. The number of nitrogens with one attached hydrogen (secondary N) is 4. The van der Waals surface area contributed by atoms with Crippen LogP contribution < -0.4 is 33.0 Å². The molecule has 0 heterocycles. The third kappa shape index (κ3) is 8.48. The Hall–Kier alpha value is -4.03. The van der Waals surface area contributed by atoms with Gasteiger partial charge in [0.2, 0.25) is 5.91 Å². The molecule has 1 unspecified atom stereocenters. The van der Waals surface area contributed by atoms with Crippen molar-refractivity contribution in [3.8, 4) is 0 Å². The van der Waals surface area contributed by atoms with E-state index in [4.69, 9.17) is 34.9 Å². The molecule has 1 atom stereocenters. The summed E-state index contributed by atoms with van der Waals surface area (Å²) in [7, 11) is 0. The van der Waals surface area contributed by atoms with Gasteiger partial charge in [-0.1, -0.05) is 23.2 Å². The number of carboxylic acids is 1. The van der Waals surface area contributed by atoms with Crippen LogP contribution in [0.25, 0.3) is 0 Å². The lowest BCUT2D eigenvalue weighted by Gasteiger charge is -2.18. The van der Waals surface area contributed by atoms with Gasteiger partial charge < -0.3 is 38.1 Å². The third-order valence-corrected chi connectivity index (χ3v) is 4.65. The molecule has 0 aliphatic heterocycles. The zero-order valence-electron chi connectivity index (χ0n) is 17.6. The zero-order chi connectivity index (χ0) is 25.1. The number of hydrazone groups is 2. The molecule has 34 heavy (non-hydrogen) atoms. The molecule has 2 aromatic carbocycles. The lowest BCUT2D eigenvalue weighted by molar-refractivity contribution is -0.137. The minimum atomic E-state index is -1.14. The first-order valence-electron chi connectivity index (χ1n) is 9.58. The number of halogens is 2. The van der Waals surface area contributed by atoms with Gasteiger partial charge in [-0.2, -0.15) is 10.2 Å². The van der Waals surface area contributed by atoms with E-state index in [1.165, 1.54) is 43.0 Å². The molecule has 0 saturated heterocycles. The number of carboxylic acid groups (broad SMARTS) is 1. The maximum atomic E-state index is 12.6. The van der Waals surface area contributed by atoms with Gasteiger partial charge in [0.1, 0.15) is 12.7 Å². The van der Waals surface area contributed by atoms with E-state index in [0.717, 1.165) is 0 Å². The average molecular weight is 509 g/mol. The molecule has 0 aliphatic carbocycles. The molecular weight excluding hydrogens is 487 g/mol. The van der Waals surface area contributed by atoms with Crippen molar-refractivity contribution in [3.05, 3.63) is 57.6 Å². The normalized spacial score (nSPS) is 11.8.